The van der Waals surface area contributed by atoms with Gasteiger partial charge in [-0.25, -0.2) is 4.79 Å². The summed E-state index contributed by atoms with van der Waals surface area (Å²) in [4.78, 5) is 34.4. The highest BCUT2D eigenvalue weighted by molar-refractivity contribution is 7.17. The monoisotopic (exact) mass is 376 g/mol. The second-order valence-electron chi connectivity index (χ2n) is 5.70. The van der Waals surface area contributed by atoms with E-state index in [1.165, 1.54) is 19.1 Å². The van der Waals surface area contributed by atoms with Gasteiger partial charge in [0.1, 0.15) is 4.88 Å². The Morgan fingerprint density at radius 2 is 1.92 bits per heavy atom. The number of carbonyl (C=O) groups excluding carboxylic acids is 2. The highest BCUT2D eigenvalue weighted by Gasteiger charge is 2.22. The topological polar surface area (TPSA) is 98.5 Å². The van der Waals surface area contributed by atoms with E-state index in [9.17, 15) is 19.7 Å². The molecule has 2 aromatic rings. The summed E-state index contributed by atoms with van der Waals surface area (Å²) in [6, 6.07) is 12.4. The number of benzene rings is 1. The standard InChI is InChI=1S/C18H20N2O5S/c1-3-13(14-7-5-4-6-8-14)11-19-17(21)12(2)25-18(22)15-9-10-16(26-15)20(23)24/h4-10,12-13H,3,11H2,1-2H3,(H,19,21)/t12-,13-/m0/s1. The lowest BCUT2D eigenvalue weighted by Crippen LogP contribution is -2.37. The van der Waals surface area contributed by atoms with E-state index in [0.29, 0.717) is 17.9 Å². The van der Waals surface area contributed by atoms with Crippen LogP contribution in [0.3, 0.4) is 0 Å². The van der Waals surface area contributed by atoms with Gasteiger partial charge in [-0.1, -0.05) is 48.6 Å². The van der Waals surface area contributed by atoms with E-state index in [4.69, 9.17) is 4.74 Å². The van der Waals surface area contributed by atoms with E-state index >= 15 is 0 Å². The van der Waals surface area contributed by atoms with Crippen molar-refractivity contribution in [3.05, 3.63) is 63.0 Å². The van der Waals surface area contributed by atoms with Gasteiger partial charge in [0.05, 0.1) is 4.92 Å². The molecule has 0 unspecified atom stereocenters. The molecule has 138 valence electrons. The second-order valence-corrected chi connectivity index (χ2v) is 6.77. The molecule has 0 aliphatic heterocycles. The number of hydrogen-bond donors (Lipinski definition) is 1. The van der Waals surface area contributed by atoms with Gasteiger partial charge >= 0.3 is 11.0 Å². The van der Waals surface area contributed by atoms with Crippen LogP contribution >= 0.6 is 11.3 Å². The fraction of sp³-hybridized carbons (Fsp3) is 0.333. The summed E-state index contributed by atoms with van der Waals surface area (Å²) < 4.78 is 5.10. The first-order valence-electron chi connectivity index (χ1n) is 8.20. The molecule has 0 saturated heterocycles. The van der Waals surface area contributed by atoms with E-state index in [0.717, 1.165) is 12.0 Å². The number of rotatable bonds is 8. The molecule has 0 aliphatic carbocycles. The third-order valence-electron chi connectivity index (χ3n) is 3.91. The number of nitrogens with zero attached hydrogens (tertiary/aromatic N) is 1. The molecule has 7 nitrogen and oxygen atoms in total. The van der Waals surface area contributed by atoms with Crippen LogP contribution in [0.4, 0.5) is 5.00 Å². The van der Waals surface area contributed by atoms with Crippen LogP contribution in [0.2, 0.25) is 0 Å². The fourth-order valence-electron chi connectivity index (χ4n) is 2.40. The van der Waals surface area contributed by atoms with Crippen molar-refractivity contribution >= 4 is 28.2 Å². The molecule has 1 N–H and O–H groups in total. The van der Waals surface area contributed by atoms with Gasteiger partial charge < -0.3 is 10.1 Å². The van der Waals surface area contributed by atoms with Crippen LogP contribution in [0.1, 0.15) is 41.4 Å². The van der Waals surface area contributed by atoms with Crippen molar-refractivity contribution in [3.63, 3.8) is 0 Å². The molecule has 0 bridgehead atoms. The average molecular weight is 376 g/mol. The van der Waals surface area contributed by atoms with Gasteiger partial charge in [0.25, 0.3) is 5.91 Å². The number of ether oxygens (including phenoxy) is 1. The van der Waals surface area contributed by atoms with Crippen LogP contribution < -0.4 is 5.32 Å². The molecule has 1 aromatic carbocycles. The Morgan fingerprint density at radius 3 is 2.50 bits per heavy atom. The average Bonchev–Trinajstić information content (AvgIpc) is 3.13. The molecule has 1 heterocycles. The highest BCUT2D eigenvalue weighted by atomic mass is 32.1. The number of thiophene rings is 1. The predicted octanol–water partition coefficient (Wildman–Crippen LogP) is 3.51. The van der Waals surface area contributed by atoms with Gasteiger partial charge in [0.2, 0.25) is 0 Å². The minimum absolute atomic E-state index is 0.0899. The van der Waals surface area contributed by atoms with Gasteiger partial charge in [0.15, 0.2) is 6.10 Å². The van der Waals surface area contributed by atoms with Crippen LogP contribution in [0, 0.1) is 10.1 Å². The summed E-state index contributed by atoms with van der Waals surface area (Å²) in [6.45, 7) is 3.95. The SMILES string of the molecule is CC[C@@H](CNC(=O)[C@H](C)OC(=O)c1ccc([N+](=O)[O-])s1)c1ccccc1. The summed E-state index contributed by atoms with van der Waals surface area (Å²) in [5, 5.41) is 13.3. The Bertz CT molecular complexity index is 775. The molecule has 0 radical (unpaired) electrons. The molecule has 1 aromatic heterocycles. The normalized spacial score (nSPS) is 12.8. The lowest BCUT2D eigenvalue weighted by Gasteiger charge is -2.18. The number of nitrogens with one attached hydrogen (secondary N) is 1. The second kappa shape index (κ2) is 9.10. The van der Waals surface area contributed by atoms with Crippen molar-refractivity contribution < 1.29 is 19.2 Å². The van der Waals surface area contributed by atoms with Crippen molar-refractivity contribution in [1.82, 2.24) is 5.32 Å². The Kier molecular flexibility index (Phi) is 6.85. The number of esters is 1. The maximum Gasteiger partial charge on any atom is 0.349 e. The van der Waals surface area contributed by atoms with Gasteiger partial charge in [-0.2, -0.15) is 0 Å². The van der Waals surface area contributed by atoms with Crippen LogP contribution in [-0.4, -0.2) is 29.4 Å². The fourth-order valence-corrected chi connectivity index (χ4v) is 3.10. The first kappa shape index (κ1) is 19.6. The Hall–Kier alpha value is -2.74. The molecule has 2 rings (SSSR count). The van der Waals surface area contributed by atoms with E-state index in [1.54, 1.807) is 0 Å². The van der Waals surface area contributed by atoms with Crippen molar-refractivity contribution in [3.8, 4) is 0 Å². The third-order valence-corrected chi connectivity index (χ3v) is 4.93. The van der Waals surface area contributed by atoms with Gasteiger partial charge in [-0.05, 0) is 25.0 Å². The zero-order valence-corrected chi connectivity index (χ0v) is 15.3. The lowest BCUT2D eigenvalue weighted by molar-refractivity contribution is -0.380. The van der Waals surface area contributed by atoms with Gasteiger partial charge in [0, 0.05) is 18.5 Å². The highest BCUT2D eigenvalue weighted by Crippen LogP contribution is 2.24. The number of hydrogen-bond acceptors (Lipinski definition) is 6. The van der Waals surface area contributed by atoms with Crippen molar-refractivity contribution in [2.75, 3.05) is 6.54 Å². The third kappa shape index (κ3) is 5.13. The van der Waals surface area contributed by atoms with Gasteiger partial charge in [-0.3, -0.25) is 14.9 Å². The van der Waals surface area contributed by atoms with Crippen LogP contribution in [0.15, 0.2) is 42.5 Å². The molecule has 0 saturated carbocycles. The first-order valence-corrected chi connectivity index (χ1v) is 9.01. The number of carbonyl (C=O) groups is 2. The Balaban J connectivity index is 1.88. The molecular formula is C18H20N2O5S. The van der Waals surface area contributed by atoms with Crippen LogP contribution in [-0.2, 0) is 9.53 Å². The molecule has 0 spiro atoms. The maximum atomic E-state index is 12.2. The zero-order chi connectivity index (χ0) is 19.1. The molecule has 26 heavy (non-hydrogen) atoms. The molecule has 2 atom stereocenters. The minimum atomic E-state index is -0.989. The van der Waals surface area contributed by atoms with Crippen LogP contribution in [0.5, 0.6) is 0 Å². The summed E-state index contributed by atoms with van der Waals surface area (Å²) in [5.74, 6) is -0.984. The molecule has 0 fully saturated rings. The maximum absolute atomic E-state index is 12.2. The summed E-state index contributed by atoms with van der Waals surface area (Å²) in [5.41, 5.74) is 1.13. The molecule has 8 heteroatoms. The predicted molar refractivity (Wildman–Crippen MR) is 98.3 cm³/mol. The molecule has 1 amide bonds. The summed E-state index contributed by atoms with van der Waals surface area (Å²) in [6.07, 6.45) is -0.130. The Labute approximate surface area is 155 Å². The summed E-state index contributed by atoms with van der Waals surface area (Å²) >= 11 is 0.717. The number of nitro groups is 1. The quantitative estimate of drug-likeness (QED) is 0.432. The van der Waals surface area contributed by atoms with Crippen molar-refractivity contribution in [2.24, 2.45) is 0 Å². The first-order chi connectivity index (χ1) is 12.4. The van der Waals surface area contributed by atoms with E-state index in [2.05, 4.69) is 5.32 Å². The van der Waals surface area contributed by atoms with E-state index in [-0.39, 0.29) is 15.8 Å². The van der Waals surface area contributed by atoms with E-state index in [1.807, 2.05) is 37.3 Å². The van der Waals surface area contributed by atoms with Crippen molar-refractivity contribution in [2.45, 2.75) is 32.3 Å². The van der Waals surface area contributed by atoms with Crippen LogP contribution in [0.25, 0.3) is 0 Å². The van der Waals surface area contributed by atoms with Gasteiger partial charge in [-0.15, -0.1) is 0 Å². The smallest absolute Gasteiger partial charge is 0.349 e. The van der Waals surface area contributed by atoms with Crippen molar-refractivity contribution in [1.29, 1.82) is 0 Å². The molecular weight excluding hydrogens is 356 g/mol. The Morgan fingerprint density at radius 1 is 1.23 bits per heavy atom. The summed E-state index contributed by atoms with van der Waals surface area (Å²) in [7, 11) is 0. The zero-order valence-electron chi connectivity index (χ0n) is 14.5. The molecule has 0 aliphatic rings. The minimum Gasteiger partial charge on any atom is -0.448 e. The van der Waals surface area contributed by atoms with E-state index < -0.39 is 22.9 Å². The largest absolute Gasteiger partial charge is 0.448 e. The lowest BCUT2D eigenvalue weighted by atomic mass is 9.96. The number of amides is 1.